The summed E-state index contributed by atoms with van der Waals surface area (Å²) in [7, 11) is -4.24. The molecular formula is C16H25N2O6P. The molecule has 0 aliphatic rings. The highest BCUT2D eigenvalue weighted by Crippen LogP contribution is 2.42. The molecule has 8 nitrogen and oxygen atoms in total. The lowest BCUT2D eigenvalue weighted by Crippen LogP contribution is -2.28. The van der Waals surface area contributed by atoms with E-state index in [4.69, 9.17) is 15.4 Å². The summed E-state index contributed by atoms with van der Waals surface area (Å²) in [6.07, 6.45) is -0.220. The fourth-order valence-electron chi connectivity index (χ4n) is 2.11. The molecule has 9 heteroatoms. The first kappa shape index (κ1) is 21.3. The molecule has 0 saturated carbocycles. The van der Waals surface area contributed by atoms with Crippen LogP contribution in [0.2, 0.25) is 0 Å². The van der Waals surface area contributed by atoms with Crippen LogP contribution in [0.25, 0.3) is 0 Å². The molecule has 2 atom stereocenters. The Balaban J connectivity index is 2.40. The average molecular weight is 372 g/mol. The van der Waals surface area contributed by atoms with Crippen molar-refractivity contribution in [3.8, 4) is 0 Å². The second kappa shape index (κ2) is 11.0. The normalized spacial score (nSPS) is 14.5. The summed E-state index contributed by atoms with van der Waals surface area (Å²) in [6.45, 7) is 0.403. The average Bonchev–Trinajstić information content (AvgIpc) is 2.58. The minimum atomic E-state index is -4.24. The van der Waals surface area contributed by atoms with Gasteiger partial charge in [-0.05, 0) is 37.8 Å². The lowest BCUT2D eigenvalue weighted by molar-refractivity contribution is -0.145. The first-order chi connectivity index (χ1) is 11.8. The number of carboxylic acid groups (broad SMARTS) is 1. The summed E-state index contributed by atoms with van der Waals surface area (Å²) in [6, 6.07) is 9.35. The zero-order valence-corrected chi connectivity index (χ0v) is 14.9. The third-order valence-electron chi connectivity index (χ3n) is 3.45. The van der Waals surface area contributed by atoms with E-state index in [1.807, 2.05) is 30.3 Å². The second-order valence-electron chi connectivity index (χ2n) is 5.60. The second-order valence-corrected chi connectivity index (χ2v) is 7.40. The summed E-state index contributed by atoms with van der Waals surface area (Å²) in [5.41, 5.74) is 6.31. The summed E-state index contributed by atoms with van der Waals surface area (Å²) < 4.78 is 16.8. The Morgan fingerprint density at radius 3 is 2.52 bits per heavy atom. The summed E-state index contributed by atoms with van der Waals surface area (Å²) in [5.74, 6) is -1.72. The molecule has 1 unspecified atom stereocenters. The maximum absolute atomic E-state index is 12.0. The lowest BCUT2D eigenvalue weighted by Gasteiger charge is -2.18. The first-order valence-corrected chi connectivity index (χ1v) is 9.84. The molecule has 0 fully saturated rings. The molecule has 25 heavy (non-hydrogen) atoms. The Kier molecular flexibility index (Phi) is 9.37. The maximum atomic E-state index is 12.0. The van der Waals surface area contributed by atoms with Gasteiger partial charge in [0.2, 0.25) is 5.91 Å². The van der Waals surface area contributed by atoms with Gasteiger partial charge in [0.15, 0.2) is 6.10 Å². The molecule has 0 aliphatic carbocycles. The largest absolute Gasteiger partial charge is 0.479 e. The Morgan fingerprint density at radius 1 is 1.24 bits per heavy atom. The molecule has 0 heterocycles. The van der Waals surface area contributed by atoms with Crippen LogP contribution in [0, 0.1) is 0 Å². The van der Waals surface area contributed by atoms with E-state index in [-0.39, 0.29) is 12.8 Å². The lowest BCUT2D eigenvalue weighted by atomic mass is 10.1. The highest BCUT2D eigenvalue weighted by atomic mass is 31.2. The molecular weight excluding hydrogens is 347 g/mol. The number of benzene rings is 1. The van der Waals surface area contributed by atoms with Gasteiger partial charge < -0.3 is 21.1 Å². The van der Waals surface area contributed by atoms with Crippen molar-refractivity contribution in [3.63, 3.8) is 0 Å². The van der Waals surface area contributed by atoms with E-state index in [1.54, 1.807) is 0 Å². The number of aliphatic carboxylic acids is 1. The van der Waals surface area contributed by atoms with Crippen LogP contribution >= 0.6 is 7.60 Å². The van der Waals surface area contributed by atoms with E-state index in [0.29, 0.717) is 25.8 Å². The van der Waals surface area contributed by atoms with Gasteiger partial charge in [-0.15, -0.1) is 0 Å². The van der Waals surface area contributed by atoms with E-state index >= 15 is 0 Å². The minimum Gasteiger partial charge on any atom is -0.479 e. The zero-order chi connectivity index (χ0) is 18.7. The SMILES string of the molecule is NCCCC[C@@H](OP(=O)(O)CNC(=O)CCc1ccccc1)C(=O)O. The molecule has 5 N–H and O–H groups in total. The smallest absolute Gasteiger partial charge is 0.347 e. The Hall–Kier alpha value is -1.73. The van der Waals surface area contributed by atoms with Crippen LogP contribution in [0.4, 0.5) is 0 Å². The summed E-state index contributed by atoms with van der Waals surface area (Å²) in [5, 5.41) is 11.4. The van der Waals surface area contributed by atoms with Crippen LogP contribution in [0.5, 0.6) is 0 Å². The molecule has 1 amide bonds. The number of hydrogen-bond donors (Lipinski definition) is 4. The van der Waals surface area contributed by atoms with E-state index in [2.05, 4.69) is 5.32 Å². The van der Waals surface area contributed by atoms with Gasteiger partial charge in [-0.1, -0.05) is 30.3 Å². The number of unbranched alkanes of at least 4 members (excludes halogenated alkanes) is 1. The predicted molar refractivity (Wildman–Crippen MR) is 93.0 cm³/mol. The number of hydrogen-bond acceptors (Lipinski definition) is 5. The predicted octanol–water partition coefficient (Wildman–Crippen LogP) is 1.48. The summed E-state index contributed by atoms with van der Waals surface area (Å²) in [4.78, 5) is 32.6. The van der Waals surface area contributed by atoms with E-state index in [1.165, 1.54) is 0 Å². The van der Waals surface area contributed by atoms with Gasteiger partial charge in [-0.2, -0.15) is 0 Å². The minimum absolute atomic E-state index is 0.0824. The molecule has 0 aromatic heterocycles. The molecule has 1 rings (SSSR count). The fraction of sp³-hybridized carbons (Fsp3) is 0.500. The Labute approximate surface area is 146 Å². The highest BCUT2D eigenvalue weighted by molar-refractivity contribution is 7.52. The number of nitrogens with two attached hydrogens (primary N) is 1. The molecule has 0 spiro atoms. The molecule has 1 aromatic rings. The van der Waals surface area contributed by atoms with Crippen molar-refractivity contribution in [3.05, 3.63) is 35.9 Å². The third-order valence-corrected chi connectivity index (χ3v) is 4.59. The Morgan fingerprint density at radius 2 is 1.92 bits per heavy atom. The first-order valence-electron chi connectivity index (χ1n) is 8.08. The number of nitrogens with one attached hydrogen (secondary N) is 1. The number of carbonyl (C=O) groups is 2. The quantitative estimate of drug-likeness (QED) is 0.322. The number of rotatable bonds is 12. The van der Waals surface area contributed by atoms with Crippen molar-refractivity contribution in [2.45, 2.75) is 38.2 Å². The van der Waals surface area contributed by atoms with Crippen LogP contribution in [0.15, 0.2) is 30.3 Å². The van der Waals surface area contributed by atoms with E-state index in [0.717, 1.165) is 5.56 Å². The molecule has 0 saturated heterocycles. The highest BCUT2D eigenvalue weighted by Gasteiger charge is 2.29. The van der Waals surface area contributed by atoms with E-state index < -0.39 is 31.9 Å². The maximum Gasteiger partial charge on any atom is 0.347 e. The van der Waals surface area contributed by atoms with Crippen molar-refractivity contribution < 1.29 is 28.7 Å². The standard InChI is InChI=1S/C16H25N2O6P/c17-11-5-4-8-14(16(20)21)24-25(22,23)12-18-15(19)10-9-13-6-2-1-3-7-13/h1-3,6-7,14H,4-5,8-12,17H2,(H,18,19)(H,20,21)(H,22,23)/t14-/m1/s1. The van der Waals surface area contributed by atoms with Gasteiger partial charge in [-0.25, -0.2) is 4.79 Å². The van der Waals surface area contributed by atoms with Gasteiger partial charge >= 0.3 is 13.6 Å². The molecule has 1 aromatic carbocycles. The molecule has 0 radical (unpaired) electrons. The van der Waals surface area contributed by atoms with Gasteiger partial charge in [0, 0.05) is 6.42 Å². The topological polar surface area (TPSA) is 139 Å². The van der Waals surface area contributed by atoms with Crippen molar-refractivity contribution in [1.82, 2.24) is 5.32 Å². The Bertz CT molecular complexity index is 596. The fourth-order valence-corrected chi connectivity index (χ4v) is 3.15. The van der Waals surface area contributed by atoms with Crippen molar-refractivity contribution >= 4 is 19.5 Å². The van der Waals surface area contributed by atoms with Crippen LogP contribution < -0.4 is 11.1 Å². The van der Waals surface area contributed by atoms with Crippen LogP contribution in [-0.4, -0.2) is 40.8 Å². The number of aryl methyl sites for hydroxylation is 1. The van der Waals surface area contributed by atoms with Crippen molar-refractivity contribution in [1.29, 1.82) is 0 Å². The van der Waals surface area contributed by atoms with Crippen LogP contribution in [0.3, 0.4) is 0 Å². The van der Waals surface area contributed by atoms with Gasteiger partial charge in [0.1, 0.15) is 6.29 Å². The van der Waals surface area contributed by atoms with Gasteiger partial charge in [0.05, 0.1) is 0 Å². The number of carboxylic acids is 1. The number of amides is 1. The van der Waals surface area contributed by atoms with E-state index in [9.17, 15) is 19.0 Å². The summed E-state index contributed by atoms with van der Waals surface area (Å²) >= 11 is 0. The van der Waals surface area contributed by atoms with Gasteiger partial charge in [0.25, 0.3) is 0 Å². The van der Waals surface area contributed by atoms with Crippen molar-refractivity contribution in [2.24, 2.45) is 5.73 Å². The van der Waals surface area contributed by atoms with Crippen LogP contribution in [0.1, 0.15) is 31.2 Å². The monoisotopic (exact) mass is 372 g/mol. The molecule has 140 valence electrons. The number of carbonyl (C=O) groups excluding carboxylic acids is 1. The van der Waals surface area contributed by atoms with Crippen molar-refractivity contribution in [2.75, 3.05) is 12.8 Å². The molecule has 0 aliphatic heterocycles. The zero-order valence-electron chi connectivity index (χ0n) is 14.0. The third kappa shape index (κ3) is 9.36. The molecule has 0 bridgehead atoms. The van der Waals surface area contributed by atoms with Crippen LogP contribution in [-0.2, 0) is 25.1 Å². The van der Waals surface area contributed by atoms with Gasteiger partial charge in [-0.3, -0.25) is 13.9 Å².